The van der Waals surface area contributed by atoms with Crippen LogP contribution in [0.1, 0.15) is 43.9 Å². The van der Waals surface area contributed by atoms with Crippen molar-refractivity contribution < 1.29 is 4.39 Å². The van der Waals surface area contributed by atoms with Gasteiger partial charge < -0.3 is 5.32 Å². The molecular formula is C17H19ClFN. The highest BCUT2D eigenvalue weighted by atomic mass is 35.5. The van der Waals surface area contributed by atoms with E-state index in [-0.39, 0.29) is 16.9 Å². The molecule has 20 heavy (non-hydrogen) atoms. The second kappa shape index (κ2) is 6.27. The summed E-state index contributed by atoms with van der Waals surface area (Å²) in [4.78, 5) is 0. The van der Waals surface area contributed by atoms with Crippen molar-refractivity contribution in [3.63, 3.8) is 0 Å². The minimum Gasteiger partial charge on any atom is -0.379 e. The zero-order valence-electron chi connectivity index (χ0n) is 12.0. The van der Waals surface area contributed by atoms with Crippen LogP contribution in [-0.2, 0) is 0 Å². The van der Waals surface area contributed by atoms with E-state index < -0.39 is 0 Å². The highest BCUT2D eigenvalue weighted by molar-refractivity contribution is 6.30. The molecule has 0 aromatic heterocycles. The van der Waals surface area contributed by atoms with E-state index in [4.69, 9.17) is 11.6 Å². The topological polar surface area (TPSA) is 12.0 Å². The number of nitrogens with one attached hydrogen (secondary N) is 1. The molecule has 0 aliphatic carbocycles. The van der Waals surface area contributed by atoms with E-state index in [1.165, 1.54) is 11.6 Å². The lowest BCUT2D eigenvalue weighted by Crippen LogP contribution is -2.07. The molecule has 0 heterocycles. The molecule has 0 aliphatic rings. The number of anilines is 1. The summed E-state index contributed by atoms with van der Waals surface area (Å²) in [5, 5.41) is 3.52. The lowest BCUT2D eigenvalue weighted by molar-refractivity contribution is 0.624. The lowest BCUT2D eigenvalue weighted by Gasteiger charge is -2.17. The second-order valence-electron chi connectivity index (χ2n) is 5.32. The van der Waals surface area contributed by atoms with Crippen molar-refractivity contribution in [2.75, 3.05) is 5.32 Å². The first-order valence-electron chi connectivity index (χ1n) is 6.79. The van der Waals surface area contributed by atoms with E-state index in [1.807, 2.05) is 13.0 Å². The molecule has 0 saturated heterocycles. The van der Waals surface area contributed by atoms with Crippen LogP contribution in [0.5, 0.6) is 0 Å². The molecule has 2 aromatic carbocycles. The number of hydrogen-bond donors (Lipinski definition) is 1. The van der Waals surface area contributed by atoms with Gasteiger partial charge >= 0.3 is 0 Å². The van der Waals surface area contributed by atoms with Crippen LogP contribution in [0, 0.1) is 5.82 Å². The third-order valence-corrected chi connectivity index (χ3v) is 3.71. The van der Waals surface area contributed by atoms with Crippen LogP contribution in [0.15, 0.2) is 42.5 Å². The van der Waals surface area contributed by atoms with Crippen LogP contribution in [-0.4, -0.2) is 0 Å². The maximum Gasteiger partial charge on any atom is 0.142 e. The fourth-order valence-electron chi connectivity index (χ4n) is 2.08. The third kappa shape index (κ3) is 3.51. The highest BCUT2D eigenvalue weighted by Crippen LogP contribution is 2.24. The summed E-state index contributed by atoms with van der Waals surface area (Å²) in [5.74, 6) is 0.139. The maximum absolute atomic E-state index is 13.5. The van der Waals surface area contributed by atoms with Crippen LogP contribution < -0.4 is 5.32 Å². The van der Waals surface area contributed by atoms with Gasteiger partial charge in [-0.2, -0.15) is 0 Å². The van der Waals surface area contributed by atoms with Gasteiger partial charge in [0.05, 0.1) is 5.02 Å². The molecule has 106 valence electrons. The predicted octanol–water partition coefficient (Wildman–Crippen LogP) is 5.78. The van der Waals surface area contributed by atoms with E-state index in [1.54, 1.807) is 6.07 Å². The first-order chi connectivity index (χ1) is 9.47. The van der Waals surface area contributed by atoms with Crippen molar-refractivity contribution in [1.29, 1.82) is 0 Å². The Morgan fingerprint density at radius 3 is 2.10 bits per heavy atom. The average Bonchev–Trinajstić information content (AvgIpc) is 2.42. The summed E-state index contributed by atoms with van der Waals surface area (Å²) in [6, 6.07) is 13.3. The molecule has 1 N–H and O–H groups in total. The van der Waals surface area contributed by atoms with Crippen molar-refractivity contribution in [3.05, 3.63) is 64.4 Å². The van der Waals surface area contributed by atoms with Crippen LogP contribution >= 0.6 is 11.6 Å². The zero-order chi connectivity index (χ0) is 14.7. The quantitative estimate of drug-likeness (QED) is 0.753. The molecule has 2 aromatic rings. The Balaban J connectivity index is 2.10. The zero-order valence-corrected chi connectivity index (χ0v) is 12.7. The van der Waals surface area contributed by atoms with Crippen LogP contribution in [0.3, 0.4) is 0 Å². The molecule has 2 rings (SSSR count). The molecular weight excluding hydrogens is 273 g/mol. The van der Waals surface area contributed by atoms with Crippen molar-refractivity contribution in [2.24, 2.45) is 0 Å². The van der Waals surface area contributed by atoms with Gasteiger partial charge in [-0.15, -0.1) is 0 Å². The van der Waals surface area contributed by atoms with Gasteiger partial charge in [0.25, 0.3) is 0 Å². The monoisotopic (exact) mass is 291 g/mol. The van der Waals surface area contributed by atoms with Crippen molar-refractivity contribution in [3.8, 4) is 0 Å². The molecule has 0 bridgehead atoms. The largest absolute Gasteiger partial charge is 0.379 e. The Morgan fingerprint density at radius 2 is 1.55 bits per heavy atom. The first kappa shape index (κ1) is 14.9. The minimum absolute atomic E-state index is 0.0201. The van der Waals surface area contributed by atoms with Crippen LogP contribution in [0.25, 0.3) is 0 Å². The Kier molecular flexibility index (Phi) is 4.66. The predicted molar refractivity (Wildman–Crippen MR) is 84.0 cm³/mol. The molecule has 1 nitrogen and oxygen atoms in total. The van der Waals surface area contributed by atoms with Crippen LogP contribution in [0.4, 0.5) is 10.1 Å². The summed E-state index contributed by atoms with van der Waals surface area (Å²) in [6.07, 6.45) is 0. The first-order valence-corrected chi connectivity index (χ1v) is 7.16. The minimum atomic E-state index is -0.382. The maximum atomic E-state index is 13.5. The smallest absolute Gasteiger partial charge is 0.142 e. The molecule has 0 radical (unpaired) electrons. The van der Waals surface area contributed by atoms with Gasteiger partial charge in [-0.1, -0.05) is 43.6 Å². The SMILES string of the molecule is CC(C)c1ccc(NC(C)c2ccc(Cl)c(F)c2)cc1. The lowest BCUT2D eigenvalue weighted by atomic mass is 10.0. The number of halogens is 2. The fourth-order valence-corrected chi connectivity index (χ4v) is 2.20. The molecule has 0 aliphatic heterocycles. The van der Waals surface area contributed by atoms with E-state index in [0.29, 0.717) is 5.92 Å². The standard InChI is InChI=1S/C17H19ClFN/c1-11(2)13-4-7-15(8-5-13)20-12(3)14-6-9-16(18)17(19)10-14/h4-12,20H,1-3H3. The molecule has 0 saturated carbocycles. The van der Waals surface area contributed by atoms with E-state index >= 15 is 0 Å². The summed E-state index contributed by atoms with van der Waals surface area (Å²) in [6.45, 7) is 6.34. The van der Waals surface area contributed by atoms with Crippen molar-refractivity contribution >= 4 is 17.3 Å². The number of benzene rings is 2. The third-order valence-electron chi connectivity index (χ3n) is 3.40. The normalized spacial score (nSPS) is 12.5. The number of hydrogen-bond acceptors (Lipinski definition) is 1. The Labute approximate surface area is 124 Å². The summed E-state index contributed by atoms with van der Waals surface area (Å²) >= 11 is 5.70. The Morgan fingerprint density at radius 1 is 0.950 bits per heavy atom. The van der Waals surface area contributed by atoms with E-state index in [0.717, 1.165) is 11.3 Å². The molecule has 1 atom stereocenters. The molecule has 1 unspecified atom stereocenters. The Bertz CT molecular complexity index is 578. The summed E-state index contributed by atoms with van der Waals surface area (Å²) in [5.41, 5.74) is 3.21. The fraction of sp³-hybridized carbons (Fsp3) is 0.294. The molecule has 0 spiro atoms. The van der Waals surface area contributed by atoms with Gasteiger partial charge in [-0.05, 0) is 48.2 Å². The van der Waals surface area contributed by atoms with Crippen molar-refractivity contribution in [2.45, 2.75) is 32.7 Å². The van der Waals surface area contributed by atoms with Crippen LogP contribution in [0.2, 0.25) is 5.02 Å². The van der Waals surface area contributed by atoms with E-state index in [2.05, 4.69) is 43.4 Å². The average molecular weight is 292 g/mol. The molecule has 0 fully saturated rings. The number of rotatable bonds is 4. The Hall–Kier alpha value is -1.54. The van der Waals surface area contributed by atoms with Gasteiger partial charge in [-0.25, -0.2) is 4.39 Å². The van der Waals surface area contributed by atoms with Crippen molar-refractivity contribution in [1.82, 2.24) is 0 Å². The van der Waals surface area contributed by atoms with Gasteiger partial charge in [0.15, 0.2) is 0 Å². The van der Waals surface area contributed by atoms with Gasteiger partial charge in [0, 0.05) is 11.7 Å². The summed E-state index contributed by atoms with van der Waals surface area (Å²) < 4.78 is 13.5. The van der Waals surface area contributed by atoms with Gasteiger partial charge in [-0.3, -0.25) is 0 Å². The van der Waals surface area contributed by atoms with Gasteiger partial charge in [0.2, 0.25) is 0 Å². The molecule has 3 heteroatoms. The second-order valence-corrected chi connectivity index (χ2v) is 5.72. The van der Waals surface area contributed by atoms with E-state index in [9.17, 15) is 4.39 Å². The van der Waals surface area contributed by atoms with Gasteiger partial charge in [0.1, 0.15) is 5.82 Å². The summed E-state index contributed by atoms with van der Waals surface area (Å²) in [7, 11) is 0. The molecule has 0 amide bonds. The highest BCUT2D eigenvalue weighted by Gasteiger charge is 2.08.